The van der Waals surface area contributed by atoms with Crippen molar-refractivity contribution in [1.29, 1.82) is 0 Å². The molecule has 0 bridgehead atoms. The second kappa shape index (κ2) is 5.37. The molecule has 0 aliphatic carbocycles. The molecule has 0 fully saturated rings. The number of hydrogen-bond donors (Lipinski definition) is 1. The summed E-state index contributed by atoms with van der Waals surface area (Å²) in [6, 6.07) is 12.7. The molecular formula is C18H22FN. The lowest BCUT2D eigenvalue weighted by Gasteiger charge is -2.21. The average Bonchev–Trinajstić information content (AvgIpc) is 2.40. The summed E-state index contributed by atoms with van der Waals surface area (Å²) in [6.45, 7) is 8.49. The molecule has 1 unspecified atom stereocenters. The standard InChI is InChI=1S/C18H22FN/c1-12-5-10-15(19)11-16(12)17(20)13-6-8-14(9-7-13)18(2,3)4/h5-11,17H,20H2,1-4H3. The van der Waals surface area contributed by atoms with Crippen molar-refractivity contribution < 1.29 is 4.39 Å². The fraction of sp³-hybridized carbons (Fsp3) is 0.333. The largest absolute Gasteiger partial charge is 0.320 e. The smallest absolute Gasteiger partial charge is 0.123 e. The van der Waals surface area contributed by atoms with Crippen LogP contribution in [0.2, 0.25) is 0 Å². The molecule has 0 saturated heterocycles. The highest BCUT2D eigenvalue weighted by Gasteiger charge is 2.16. The van der Waals surface area contributed by atoms with Gasteiger partial charge in [-0.2, -0.15) is 0 Å². The first-order valence-corrected chi connectivity index (χ1v) is 6.91. The zero-order valence-corrected chi connectivity index (χ0v) is 12.6. The van der Waals surface area contributed by atoms with Crippen molar-refractivity contribution in [3.8, 4) is 0 Å². The Hall–Kier alpha value is -1.67. The minimum absolute atomic E-state index is 0.122. The Morgan fingerprint density at radius 3 is 2.15 bits per heavy atom. The van der Waals surface area contributed by atoms with Crippen LogP contribution < -0.4 is 5.73 Å². The van der Waals surface area contributed by atoms with Gasteiger partial charge in [-0.1, -0.05) is 51.1 Å². The third-order valence-electron chi connectivity index (χ3n) is 3.71. The number of hydrogen-bond acceptors (Lipinski definition) is 1. The molecule has 0 aromatic heterocycles. The van der Waals surface area contributed by atoms with Gasteiger partial charge in [0.2, 0.25) is 0 Å². The van der Waals surface area contributed by atoms with Crippen LogP contribution in [0.3, 0.4) is 0 Å². The minimum Gasteiger partial charge on any atom is -0.320 e. The zero-order chi connectivity index (χ0) is 14.9. The van der Waals surface area contributed by atoms with Crippen LogP contribution in [0.25, 0.3) is 0 Å². The van der Waals surface area contributed by atoms with Crippen molar-refractivity contribution >= 4 is 0 Å². The van der Waals surface area contributed by atoms with Crippen LogP contribution in [-0.2, 0) is 5.41 Å². The predicted octanol–water partition coefficient (Wildman–Crippen LogP) is 4.48. The molecule has 0 radical (unpaired) electrons. The Morgan fingerprint density at radius 2 is 1.60 bits per heavy atom. The van der Waals surface area contributed by atoms with E-state index in [9.17, 15) is 4.39 Å². The molecule has 1 atom stereocenters. The van der Waals surface area contributed by atoms with Gasteiger partial charge >= 0.3 is 0 Å². The maximum absolute atomic E-state index is 13.4. The Bertz CT molecular complexity index is 594. The summed E-state index contributed by atoms with van der Waals surface area (Å²) in [5.74, 6) is -0.243. The molecule has 20 heavy (non-hydrogen) atoms. The minimum atomic E-state index is -0.292. The molecule has 0 heterocycles. The van der Waals surface area contributed by atoms with Gasteiger partial charge in [-0.3, -0.25) is 0 Å². The van der Waals surface area contributed by atoms with E-state index in [0.29, 0.717) is 0 Å². The summed E-state index contributed by atoms with van der Waals surface area (Å²) >= 11 is 0. The molecule has 0 aliphatic heterocycles. The highest BCUT2D eigenvalue weighted by atomic mass is 19.1. The Morgan fingerprint density at radius 1 is 1.00 bits per heavy atom. The van der Waals surface area contributed by atoms with E-state index in [1.807, 2.05) is 19.1 Å². The first-order chi connectivity index (χ1) is 9.29. The first-order valence-electron chi connectivity index (χ1n) is 6.91. The zero-order valence-electron chi connectivity index (χ0n) is 12.6. The first kappa shape index (κ1) is 14.7. The van der Waals surface area contributed by atoms with E-state index in [2.05, 4.69) is 32.9 Å². The van der Waals surface area contributed by atoms with Crippen molar-refractivity contribution in [3.05, 3.63) is 70.5 Å². The topological polar surface area (TPSA) is 26.0 Å². The van der Waals surface area contributed by atoms with Gasteiger partial charge in [0.25, 0.3) is 0 Å². The second-order valence-corrected chi connectivity index (χ2v) is 6.35. The quantitative estimate of drug-likeness (QED) is 0.856. The van der Waals surface area contributed by atoms with Crippen molar-refractivity contribution in [2.75, 3.05) is 0 Å². The van der Waals surface area contributed by atoms with E-state index < -0.39 is 0 Å². The van der Waals surface area contributed by atoms with Crippen LogP contribution in [0.1, 0.15) is 49.1 Å². The Kier molecular flexibility index (Phi) is 3.96. The van der Waals surface area contributed by atoms with Gasteiger partial charge in [0, 0.05) is 0 Å². The SMILES string of the molecule is Cc1ccc(F)cc1C(N)c1ccc(C(C)(C)C)cc1. The lowest BCUT2D eigenvalue weighted by atomic mass is 9.85. The monoisotopic (exact) mass is 271 g/mol. The molecule has 2 aromatic carbocycles. The summed E-state index contributed by atoms with van der Waals surface area (Å²) in [6.07, 6.45) is 0. The molecular weight excluding hydrogens is 249 g/mol. The maximum Gasteiger partial charge on any atom is 0.123 e. The molecule has 2 N–H and O–H groups in total. The molecule has 2 rings (SSSR count). The summed E-state index contributed by atoms with van der Waals surface area (Å²) in [7, 11) is 0. The van der Waals surface area contributed by atoms with E-state index >= 15 is 0 Å². The fourth-order valence-corrected chi connectivity index (χ4v) is 2.32. The third-order valence-corrected chi connectivity index (χ3v) is 3.71. The highest BCUT2D eigenvalue weighted by Crippen LogP contribution is 2.27. The van der Waals surface area contributed by atoms with Crippen LogP contribution >= 0.6 is 0 Å². The molecule has 0 aliphatic rings. The van der Waals surface area contributed by atoms with Crippen LogP contribution in [0, 0.1) is 12.7 Å². The summed E-state index contributed by atoms with van der Waals surface area (Å²) < 4.78 is 13.4. The van der Waals surface area contributed by atoms with Crippen molar-refractivity contribution in [1.82, 2.24) is 0 Å². The average molecular weight is 271 g/mol. The summed E-state index contributed by atoms with van der Waals surface area (Å²) in [5.41, 5.74) is 10.5. The molecule has 2 heteroatoms. The van der Waals surface area contributed by atoms with Gasteiger partial charge in [-0.25, -0.2) is 4.39 Å². The molecule has 106 valence electrons. The van der Waals surface area contributed by atoms with E-state index in [0.717, 1.165) is 16.7 Å². The lowest BCUT2D eigenvalue weighted by molar-refractivity contribution is 0.589. The Balaban J connectivity index is 2.34. The normalized spacial score (nSPS) is 13.3. The van der Waals surface area contributed by atoms with Crippen molar-refractivity contribution in [3.63, 3.8) is 0 Å². The van der Waals surface area contributed by atoms with Crippen LogP contribution in [0.4, 0.5) is 4.39 Å². The lowest BCUT2D eigenvalue weighted by Crippen LogP contribution is -2.15. The van der Waals surface area contributed by atoms with Gasteiger partial charge in [0.1, 0.15) is 5.82 Å². The molecule has 1 nitrogen and oxygen atoms in total. The van der Waals surface area contributed by atoms with Crippen molar-refractivity contribution in [2.24, 2.45) is 5.73 Å². The maximum atomic E-state index is 13.4. The van der Waals surface area contributed by atoms with Crippen LogP contribution in [-0.4, -0.2) is 0 Å². The van der Waals surface area contributed by atoms with E-state index in [1.165, 1.54) is 17.7 Å². The number of nitrogens with two attached hydrogens (primary N) is 1. The van der Waals surface area contributed by atoms with Crippen molar-refractivity contribution in [2.45, 2.75) is 39.2 Å². The van der Waals surface area contributed by atoms with Gasteiger partial charge in [0.15, 0.2) is 0 Å². The fourth-order valence-electron chi connectivity index (χ4n) is 2.32. The van der Waals surface area contributed by atoms with Crippen LogP contribution in [0.5, 0.6) is 0 Å². The van der Waals surface area contributed by atoms with Gasteiger partial charge < -0.3 is 5.73 Å². The van der Waals surface area contributed by atoms with Gasteiger partial charge in [0.05, 0.1) is 6.04 Å². The Labute approximate surface area is 120 Å². The summed E-state index contributed by atoms with van der Waals surface area (Å²) in [5, 5.41) is 0. The number of halogens is 1. The molecule has 0 saturated carbocycles. The number of benzene rings is 2. The van der Waals surface area contributed by atoms with E-state index in [1.54, 1.807) is 6.07 Å². The molecule has 2 aromatic rings. The third kappa shape index (κ3) is 3.07. The van der Waals surface area contributed by atoms with E-state index in [4.69, 9.17) is 5.73 Å². The second-order valence-electron chi connectivity index (χ2n) is 6.35. The predicted molar refractivity (Wildman–Crippen MR) is 82.3 cm³/mol. The van der Waals surface area contributed by atoms with E-state index in [-0.39, 0.29) is 17.3 Å². The number of rotatable bonds is 2. The van der Waals surface area contributed by atoms with Crippen LogP contribution in [0.15, 0.2) is 42.5 Å². The van der Waals surface area contributed by atoms with Gasteiger partial charge in [-0.15, -0.1) is 0 Å². The summed E-state index contributed by atoms with van der Waals surface area (Å²) in [4.78, 5) is 0. The molecule has 0 amide bonds. The molecule has 0 spiro atoms. The number of aryl methyl sites for hydroxylation is 1. The highest BCUT2D eigenvalue weighted by molar-refractivity contribution is 5.38. The van der Waals surface area contributed by atoms with Gasteiger partial charge in [-0.05, 0) is 46.7 Å².